The summed E-state index contributed by atoms with van der Waals surface area (Å²) >= 11 is 6.05. The number of rotatable bonds is 7. The van der Waals surface area contributed by atoms with Crippen molar-refractivity contribution in [3.8, 4) is 17.2 Å². The van der Waals surface area contributed by atoms with E-state index in [1.807, 2.05) is 0 Å². The van der Waals surface area contributed by atoms with Gasteiger partial charge in [-0.25, -0.2) is 4.79 Å². The van der Waals surface area contributed by atoms with Crippen molar-refractivity contribution in [2.24, 2.45) is 0 Å². The summed E-state index contributed by atoms with van der Waals surface area (Å²) in [4.78, 5) is 24.2. The van der Waals surface area contributed by atoms with Gasteiger partial charge >= 0.3 is 5.97 Å². The number of hydrogen-bond acceptors (Lipinski definition) is 6. The first-order valence-corrected chi connectivity index (χ1v) is 7.63. The molecule has 0 N–H and O–H groups in total. The number of ketones is 1. The van der Waals surface area contributed by atoms with Gasteiger partial charge in [0.1, 0.15) is 5.75 Å². The molecule has 0 saturated carbocycles. The number of carbonyl (C=O) groups excluding carboxylic acids is 2. The van der Waals surface area contributed by atoms with E-state index < -0.39 is 12.6 Å². The van der Waals surface area contributed by atoms with Crippen molar-refractivity contribution in [2.45, 2.75) is 0 Å². The fraction of sp³-hybridized carbons (Fsp3) is 0.222. The zero-order chi connectivity index (χ0) is 18.4. The maximum atomic E-state index is 12.2. The van der Waals surface area contributed by atoms with Crippen LogP contribution in [-0.4, -0.2) is 39.7 Å². The second kappa shape index (κ2) is 8.39. The maximum absolute atomic E-state index is 12.2. The van der Waals surface area contributed by atoms with Crippen LogP contribution < -0.4 is 14.2 Å². The Hall–Kier alpha value is -2.73. The van der Waals surface area contributed by atoms with Crippen molar-refractivity contribution in [2.75, 3.05) is 27.9 Å². The lowest BCUT2D eigenvalue weighted by molar-refractivity contribution is 0.0474. The molecular formula is C18H17ClO6. The molecule has 0 unspecified atom stereocenters. The van der Waals surface area contributed by atoms with Crippen LogP contribution in [0, 0.1) is 0 Å². The number of methoxy groups -OCH3 is 3. The normalized spacial score (nSPS) is 10.1. The molecule has 7 heteroatoms. The van der Waals surface area contributed by atoms with Crippen molar-refractivity contribution in [1.29, 1.82) is 0 Å². The van der Waals surface area contributed by atoms with Crippen molar-refractivity contribution in [3.05, 3.63) is 52.5 Å². The van der Waals surface area contributed by atoms with Crippen molar-refractivity contribution in [3.63, 3.8) is 0 Å². The van der Waals surface area contributed by atoms with Crippen molar-refractivity contribution < 1.29 is 28.5 Å². The summed E-state index contributed by atoms with van der Waals surface area (Å²) in [6.45, 7) is -0.392. The number of Topliss-reactive ketones (excluding diaryl/α,β-unsaturated/α-hetero) is 1. The molecule has 6 nitrogen and oxygen atoms in total. The van der Waals surface area contributed by atoms with Gasteiger partial charge in [-0.05, 0) is 36.4 Å². The molecule has 0 aliphatic rings. The van der Waals surface area contributed by atoms with Gasteiger partial charge in [-0.3, -0.25) is 4.79 Å². The number of halogens is 1. The van der Waals surface area contributed by atoms with Crippen LogP contribution in [0.5, 0.6) is 17.2 Å². The second-order valence-corrected chi connectivity index (χ2v) is 5.33. The molecule has 0 amide bonds. The predicted octanol–water partition coefficient (Wildman–Crippen LogP) is 3.41. The highest BCUT2D eigenvalue weighted by molar-refractivity contribution is 6.32. The zero-order valence-corrected chi connectivity index (χ0v) is 14.8. The Bertz CT molecular complexity index is 770. The van der Waals surface area contributed by atoms with Crippen LogP contribution in [0.4, 0.5) is 0 Å². The van der Waals surface area contributed by atoms with E-state index in [1.54, 1.807) is 24.3 Å². The van der Waals surface area contributed by atoms with Crippen molar-refractivity contribution >= 4 is 23.4 Å². The minimum absolute atomic E-state index is 0.158. The van der Waals surface area contributed by atoms with E-state index in [0.29, 0.717) is 22.8 Å². The highest BCUT2D eigenvalue weighted by Gasteiger charge is 2.17. The number of carbonyl (C=O) groups is 2. The van der Waals surface area contributed by atoms with Gasteiger partial charge in [-0.15, -0.1) is 0 Å². The van der Waals surface area contributed by atoms with Crippen LogP contribution in [0.25, 0.3) is 0 Å². The molecule has 0 aliphatic heterocycles. The quantitative estimate of drug-likeness (QED) is 0.554. The molecule has 25 heavy (non-hydrogen) atoms. The molecule has 0 spiro atoms. The van der Waals surface area contributed by atoms with E-state index in [9.17, 15) is 9.59 Å². The molecule has 0 heterocycles. The molecule has 2 aromatic carbocycles. The van der Waals surface area contributed by atoms with E-state index in [2.05, 4.69) is 0 Å². The average molecular weight is 365 g/mol. The Morgan fingerprint density at radius 2 is 1.60 bits per heavy atom. The zero-order valence-electron chi connectivity index (χ0n) is 14.0. The molecule has 0 atom stereocenters. The molecule has 0 saturated heterocycles. The van der Waals surface area contributed by atoms with Crippen LogP contribution in [0.2, 0.25) is 5.02 Å². The lowest BCUT2D eigenvalue weighted by atomic mass is 10.1. The molecule has 0 aliphatic carbocycles. The molecule has 132 valence electrons. The van der Waals surface area contributed by atoms with Crippen LogP contribution in [0.3, 0.4) is 0 Å². The highest BCUT2D eigenvalue weighted by atomic mass is 35.5. The minimum Gasteiger partial charge on any atom is -0.497 e. The van der Waals surface area contributed by atoms with Crippen molar-refractivity contribution in [1.82, 2.24) is 0 Å². The number of hydrogen-bond donors (Lipinski definition) is 0. The summed E-state index contributed by atoms with van der Waals surface area (Å²) in [7, 11) is 4.40. The Morgan fingerprint density at radius 3 is 2.16 bits per heavy atom. The van der Waals surface area contributed by atoms with E-state index in [4.69, 9.17) is 30.5 Å². The Kier molecular flexibility index (Phi) is 6.25. The van der Waals surface area contributed by atoms with E-state index in [1.165, 1.54) is 33.5 Å². The van der Waals surface area contributed by atoms with Gasteiger partial charge in [0, 0.05) is 5.56 Å². The van der Waals surface area contributed by atoms with Crippen LogP contribution in [0.15, 0.2) is 36.4 Å². The largest absolute Gasteiger partial charge is 0.497 e. The van der Waals surface area contributed by atoms with Gasteiger partial charge in [0.25, 0.3) is 0 Å². The van der Waals surface area contributed by atoms with Gasteiger partial charge in [0.05, 0.1) is 31.9 Å². The molecule has 2 aromatic rings. The van der Waals surface area contributed by atoms with E-state index in [-0.39, 0.29) is 16.4 Å². The summed E-state index contributed by atoms with van der Waals surface area (Å²) < 4.78 is 20.3. The maximum Gasteiger partial charge on any atom is 0.338 e. The minimum atomic E-state index is -0.690. The van der Waals surface area contributed by atoms with Gasteiger partial charge in [0.15, 0.2) is 23.9 Å². The number of benzene rings is 2. The standard InChI is InChI=1S/C18H17ClO6/c1-22-13-6-4-11(5-7-13)15(20)10-25-18(21)12-8-14(19)17(24-3)16(9-12)23-2/h4-9H,10H2,1-3H3. The first-order valence-electron chi connectivity index (χ1n) is 7.26. The molecule has 0 aromatic heterocycles. The lowest BCUT2D eigenvalue weighted by Crippen LogP contribution is -2.14. The molecule has 2 rings (SSSR count). The Labute approximate surface area is 150 Å². The first-order chi connectivity index (χ1) is 12.0. The summed E-state index contributed by atoms with van der Waals surface area (Å²) in [6.07, 6.45) is 0. The summed E-state index contributed by atoms with van der Waals surface area (Å²) in [5.41, 5.74) is 0.573. The third-order valence-electron chi connectivity index (χ3n) is 3.42. The Balaban J connectivity index is 2.06. The molecule has 0 fully saturated rings. The van der Waals surface area contributed by atoms with Crippen LogP contribution in [0.1, 0.15) is 20.7 Å². The number of ether oxygens (including phenoxy) is 4. The van der Waals surface area contributed by atoms with Crippen LogP contribution in [-0.2, 0) is 4.74 Å². The molecular weight excluding hydrogens is 348 g/mol. The highest BCUT2D eigenvalue weighted by Crippen LogP contribution is 2.36. The first kappa shape index (κ1) is 18.6. The lowest BCUT2D eigenvalue weighted by Gasteiger charge is -2.11. The topological polar surface area (TPSA) is 71.1 Å². The predicted molar refractivity (Wildman–Crippen MR) is 92.2 cm³/mol. The third kappa shape index (κ3) is 4.42. The fourth-order valence-corrected chi connectivity index (χ4v) is 2.40. The third-order valence-corrected chi connectivity index (χ3v) is 3.70. The van der Waals surface area contributed by atoms with Gasteiger partial charge in [-0.1, -0.05) is 11.6 Å². The van der Waals surface area contributed by atoms with E-state index >= 15 is 0 Å². The second-order valence-electron chi connectivity index (χ2n) is 4.92. The van der Waals surface area contributed by atoms with Gasteiger partial charge in [-0.2, -0.15) is 0 Å². The summed E-state index contributed by atoms with van der Waals surface area (Å²) in [5.74, 6) is 0.222. The number of esters is 1. The average Bonchev–Trinajstić information content (AvgIpc) is 2.65. The fourth-order valence-electron chi connectivity index (χ4n) is 2.11. The van der Waals surface area contributed by atoms with E-state index in [0.717, 1.165) is 0 Å². The molecule has 0 bridgehead atoms. The monoisotopic (exact) mass is 364 g/mol. The summed E-state index contributed by atoms with van der Waals surface area (Å²) in [5, 5.41) is 0.204. The van der Waals surface area contributed by atoms with Gasteiger partial charge in [0.2, 0.25) is 0 Å². The SMILES string of the molecule is COc1ccc(C(=O)COC(=O)c2cc(Cl)c(OC)c(OC)c2)cc1. The van der Waals surface area contributed by atoms with Gasteiger partial charge < -0.3 is 18.9 Å². The molecule has 0 radical (unpaired) electrons. The summed E-state index contributed by atoms with van der Waals surface area (Å²) in [6, 6.07) is 9.34. The smallest absolute Gasteiger partial charge is 0.338 e. The Morgan fingerprint density at radius 1 is 0.920 bits per heavy atom. The van der Waals surface area contributed by atoms with Crippen LogP contribution >= 0.6 is 11.6 Å².